The van der Waals surface area contributed by atoms with Gasteiger partial charge in [0.1, 0.15) is 23.7 Å². The summed E-state index contributed by atoms with van der Waals surface area (Å²) >= 11 is 12.1. The zero-order valence-electron chi connectivity index (χ0n) is 15.7. The fourth-order valence-electron chi connectivity index (χ4n) is 3.99. The second-order valence-electron chi connectivity index (χ2n) is 7.35. The lowest BCUT2D eigenvalue weighted by Crippen LogP contribution is -2.39. The molecule has 2 heterocycles. The van der Waals surface area contributed by atoms with Gasteiger partial charge < -0.3 is 10.0 Å². The Hall–Kier alpha value is -1.79. The number of nitrogen functional groups attached to an aromatic ring is 1. The van der Waals surface area contributed by atoms with Crippen molar-refractivity contribution in [3.05, 3.63) is 58.1 Å². The number of aromatic nitrogens is 2. The summed E-state index contributed by atoms with van der Waals surface area (Å²) < 4.78 is 4.13. The van der Waals surface area contributed by atoms with E-state index in [-0.39, 0.29) is 0 Å². The molecule has 0 aliphatic carbocycles. The van der Waals surface area contributed by atoms with Crippen molar-refractivity contribution < 1.29 is 9.67 Å². The zero-order valence-corrected chi connectivity index (χ0v) is 17.2. The smallest absolute Gasteiger partial charge is 0.356 e. The number of aliphatic hydroxyl groups is 1. The molecule has 3 aromatic rings. The van der Waals surface area contributed by atoms with Gasteiger partial charge in [0.05, 0.1) is 16.6 Å². The van der Waals surface area contributed by atoms with Gasteiger partial charge in [0.2, 0.25) is 0 Å². The highest BCUT2D eigenvalue weighted by Gasteiger charge is 2.24. The number of imidazole rings is 1. The number of hydrogen-bond donors (Lipinski definition) is 2. The molecule has 1 aliphatic heterocycles. The van der Waals surface area contributed by atoms with Crippen LogP contribution < -0.4 is 10.3 Å². The summed E-state index contributed by atoms with van der Waals surface area (Å²) in [4.78, 5) is 2.48. The minimum absolute atomic E-state index is 0.348. The molecule has 0 saturated carbocycles. The lowest BCUT2D eigenvalue weighted by molar-refractivity contribution is -0.666. The molecule has 0 spiro atoms. The number of rotatable bonds is 6. The first-order valence-corrected chi connectivity index (χ1v) is 10.4. The van der Waals surface area contributed by atoms with Crippen molar-refractivity contribution in [2.45, 2.75) is 32.0 Å². The Kier molecular flexibility index (Phi) is 5.78. The number of para-hydroxylation sites is 2. The molecule has 2 aromatic carbocycles. The van der Waals surface area contributed by atoms with Gasteiger partial charge in [-0.05, 0) is 55.8 Å². The monoisotopic (exact) mass is 419 g/mol. The fourth-order valence-corrected chi connectivity index (χ4v) is 4.29. The maximum Gasteiger partial charge on any atom is 0.356 e. The SMILES string of the molecule is Nc1n(CCN2CCCC2)c2ccccc2[n+]1C[C@H](O)c1ccc(Cl)c(Cl)c1. The minimum Gasteiger partial charge on any atom is -0.385 e. The van der Waals surface area contributed by atoms with Crippen LogP contribution in [0.4, 0.5) is 5.95 Å². The van der Waals surface area contributed by atoms with Gasteiger partial charge in [0.15, 0.2) is 0 Å². The van der Waals surface area contributed by atoms with Crippen LogP contribution in [-0.2, 0) is 13.1 Å². The molecule has 28 heavy (non-hydrogen) atoms. The largest absolute Gasteiger partial charge is 0.385 e. The zero-order chi connectivity index (χ0) is 19.7. The van der Waals surface area contributed by atoms with Gasteiger partial charge in [-0.25, -0.2) is 9.13 Å². The molecule has 1 saturated heterocycles. The van der Waals surface area contributed by atoms with Crippen molar-refractivity contribution in [2.24, 2.45) is 0 Å². The summed E-state index contributed by atoms with van der Waals surface area (Å²) in [6, 6.07) is 13.3. The van der Waals surface area contributed by atoms with Crippen LogP contribution >= 0.6 is 23.2 Å². The molecular formula is C21H25Cl2N4O+. The van der Waals surface area contributed by atoms with E-state index >= 15 is 0 Å². The van der Waals surface area contributed by atoms with Gasteiger partial charge in [-0.1, -0.05) is 41.4 Å². The summed E-state index contributed by atoms with van der Waals surface area (Å²) in [6.45, 7) is 4.49. The molecule has 0 amide bonds. The Morgan fingerprint density at radius 2 is 1.79 bits per heavy atom. The first-order valence-electron chi connectivity index (χ1n) is 9.66. The highest BCUT2D eigenvalue weighted by Crippen LogP contribution is 2.26. The number of benzene rings is 2. The standard InChI is InChI=1S/C21H24Cl2N4O/c22-16-8-7-15(13-17(16)23)20(28)14-27-19-6-2-1-5-18(19)26(21(27)24)12-11-25-9-3-4-10-25/h1-2,5-8,13,20,24,28H,3-4,9-12,14H2/p+1/t20-/m0/s1. The van der Waals surface area contributed by atoms with Gasteiger partial charge in [0, 0.05) is 6.54 Å². The van der Waals surface area contributed by atoms with Gasteiger partial charge in [-0.2, -0.15) is 0 Å². The van der Waals surface area contributed by atoms with E-state index < -0.39 is 6.10 Å². The quantitative estimate of drug-likeness (QED) is 0.599. The van der Waals surface area contributed by atoms with Crippen LogP contribution in [0.25, 0.3) is 11.0 Å². The Bertz CT molecular complexity index is 982. The first-order chi connectivity index (χ1) is 13.5. The van der Waals surface area contributed by atoms with E-state index in [4.69, 9.17) is 28.9 Å². The topological polar surface area (TPSA) is 58.3 Å². The van der Waals surface area contributed by atoms with Gasteiger partial charge in [-0.15, -0.1) is 0 Å². The molecule has 7 heteroatoms. The number of halogens is 2. The molecule has 1 fully saturated rings. The van der Waals surface area contributed by atoms with Crippen molar-refractivity contribution in [3.8, 4) is 0 Å². The summed E-state index contributed by atoms with van der Waals surface area (Å²) in [7, 11) is 0. The van der Waals surface area contributed by atoms with Crippen LogP contribution in [0, 0.1) is 0 Å². The van der Waals surface area contributed by atoms with Crippen molar-refractivity contribution in [1.29, 1.82) is 0 Å². The van der Waals surface area contributed by atoms with Crippen LogP contribution in [0.2, 0.25) is 10.0 Å². The summed E-state index contributed by atoms with van der Waals surface area (Å²) in [5, 5.41) is 11.7. The number of fused-ring (bicyclic) bond motifs is 1. The van der Waals surface area contributed by atoms with Gasteiger partial charge >= 0.3 is 5.95 Å². The Morgan fingerprint density at radius 1 is 1.04 bits per heavy atom. The average molecular weight is 420 g/mol. The Morgan fingerprint density at radius 3 is 2.54 bits per heavy atom. The number of anilines is 1. The summed E-state index contributed by atoms with van der Waals surface area (Å²) in [6.07, 6.45) is 1.81. The van der Waals surface area contributed by atoms with Crippen LogP contribution in [0.5, 0.6) is 0 Å². The molecule has 0 radical (unpaired) electrons. The molecule has 3 N–H and O–H groups in total. The molecule has 148 valence electrons. The fraction of sp³-hybridized carbons (Fsp3) is 0.381. The minimum atomic E-state index is -0.736. The van der Waals surface area contributed by atoms with Crippen LogP contribution in [0.1, 0.15) is 24.5 Å². The molecule has 5 nitrogen and oxygen atoms in total. The number of aliphatic hydroxyl groups excluding tert-OH is 1. The maximum absolute atomic E-state index is 10.8. The maximum atomic E-state index is 10.8. The van der Waals surface area contributed by atoms with E-state index in [0.29, 0.717) is 22.5 Å². The lowest BCUT2D eigenvalue weighted by atomic mass is 10.1. The van der Waals surface area contributed by atoms with Crippen molar-refractivity contribution in [2.75, 3.05) is 25.4 Å². The lowest BCUT2D eigenvalue weighted by Gasteiger charge is -2.14. The third-order valence-corrected chi connectivity index (χ3v) is 6.28. The Balaban J connectivity index is 1.62. The van der Waals surface area contributed by atoms with Gasteiger partial charge in [0.25, 0.3) is 0 Å². The third-order valence-electron chi connectivity index (χ3n) is 5.54. The normalized spacial score (nSPS) is 16.1. The summed E-state index contributed by atoms with van der Waals surface area (Å²) in [5.74, 6) is 0.652. The molecular weight excluding hydrogens is 395 g/mol. The van der Waals surface area contributed by atoms with E-state index in [1.807, 2.05) is 22.8 Å². The molecule has 4 rings (SSSR count). The van der Waals surface area contributed by atoms with Crippen LogP contribution in [0.3, 0.4) is 0 Å². The van der Waals surface area contributed by atoms with E-state index in [2.05, 4.69) is 15.5 Å². The summed E-state index contributed by atoms with van der Waals surface area (Å²) in [5.41, 5.74) is 9.35. The van der Waals surface area contributed by atoms with Crippen LogP contribution in [-0.4, -0.2) is 34.2 Å². The van der Waals surface area contributed by atoms with Crippen molar-refractivity contribution in [3.63, 3.8) is 0 Å². The predicted octanol–water partition coefficient (Wildman–Crippen LogP) is 3.65. The van der Waals surface area contributed by atoms with E-state index in [9.17, 15) is 5.11 Å². The molecule has 1 aliphatic rings. The molecule has 1 atom stereocenters. The highest BCUT2D eigenvalue weighted by molar-refractivity contribution is 6.42. The molecule has 1 aromatic heterocycles. The van der Waals surface area contributed by atoms with E-state index in [1.54, 1.807) is 18.2 Å². The number of nitrogens with zero attached hydrogens (tertiary/aromatic N) is 3. The molecule has 0 unspecified atom stereocenters. The van der Waals surface area contributed by atoms with Crippen molar-refractivity contribution >= 4 is 40.2 Å². The average Bonchev–Trinajstić information content (AvgIpc) is 3.30. The van der Waals surface area contributed by atoms with Crippen molar-refractivity contribution in [1.82, 2.24) is 9.47 Å². The highest BCUT2D eigenvalue weighted by atomic mass is 35.5. The second kappa shape index (κ2) is 8.29. The number of hydrogen-bond acceptors (Lipinski definition) is 3. The first kappa shape index (κ1) is 19.5. The van der Waals surface area contributed by atoms with E-state index in [0.717, 1.165) is 42.8 Å². The third kappa shape index (κ3) is 3.85. The number of likely N-dealkylation sites (tertiary alicyclic amines) is 1. The second-order valence-corrected chi connectivity index (χ2v) is 8.16. The number of nitrogens with two attached hydrogens (primary N) is 1. The van der Waals surface area contributed by atoms with Gasteiger partial charge in [-0.3, -0.25) is 5.73 Å². The molecule has 0 bridgehead atoms. The van der Waals surface area contributed by atoms with Crippen LogP contribution in [0.15, 0.2) is 42.5 Å². The van der Waals surface area contributed by atoms with E-state index in [1.165, 1.54) is 12.8 Å². The Labute approximate surface area is 174 Å². The predicted molar refractivity (Wildman–Crippen MR) is 114 cm³/mol.